The minimum absolute atomic E-state index is 0.0455. The Morgan fingerprint density at radius 1 is 1.36 bits per heavy atom. The molecular formula is C12H16ClN. The first-order valence-electron chi connectivity index (χ1n) is 5.05. The minimum Gasteiger partial charge on any atom is -0.325 e. The van der Waals surface area contributed by atoms with Crippen LogP contribution in [0, 0.1) is 13.8 Å². The van der Waals surface area contributed by atoms with Gasteiger partial charge < -0.3 is 5.73 Å². The summed E-state index contributed by atoms with van der Waals surface area (Å²) in [6, 6.07) is 4.27. The summed E-state index contributed by atoms with van der Waals surface area (Å²) >= 11 is 6.24. The highest BCUT2D eigenvalue weighted by molar-refractivity contribution is 6.32. The molecule has 1 aromatic rings. The number of hydrogen-bond donors (Lipinski definition) is 1. The highest BCUT2D eigenvalue weighted by Gasteiger charge is 2.38. The van der Waals surface area contributed by atoms with Crippen molar-refractivity contribution in [2.45, 2.75) is 38.6 Å². The van der Waals surface area contributed by atoms with E-state index in [1.165, 1.54) is 11.1 Å². The molecule has 1 nitrogen and oxygen atoms in total. The zero-order valence-corrected chi connectivity index (χ0v) is 9.49. The molecule has 0 unspecified atom stereocenters. The highest BCUT2D eigenvalue weighted by atomic mass is 35.5. The molecule has 76 valence electrons. The Morgan fingerprint density at radius 2 is 2.00 bits per heavy atom. The molecule has 2 N–H and O–H groups in total. The molecule has 14 heavy (non-hydrogen) atoms. The predicted octanol–water partition coefficient (Wildman–Crippen LogP) is 2.99. The van der Waals surface area contributed by atoms with E-state index in [9.17, 15) is 0 Å². The van der Waals surface area contributed by atoms with E-state index in [2.05, 4.69) is 26.0 Å². The lowest BCUT2D eigenvalue weighted by Crippen LogP contribution is -2.24. The van der Waals surface area contributed by atoms with E-state index in [1.54, 1.807) is 0 Å². The molecule has 2 heteroatoms. The summed E-state index contributed by atoms with van der Waals surface area (Å²) < 4.78 is 0. The monoisotopic (exact) mass is 209 g/mol. The maximum absolute atomic E-state index is 6.24. The molecule has 1 saturated carbocycles. The quantitative estimate of drug-likeness (QED) is 0.797. The molecule has 0 bridgehead atoms. The molecule has 1 fully saturated rings. The van der Waals surface area contributed by atoms with Gasteiger partial charge in [-0.1, -0.05) is 29.3 Å². The van der Waals surface area contributed by atoms with Gasteiger partial charge in [-0.3, -0.25) is 0 Å². The van der Waals surface area contributed by atoms with Gasteiger partial charge in [0.2, 0.25) is 0 Å². The second kappa shape index (κ2) is 3.25. The number of hydrogen-bond acceptors (Lipinski definition) is 1. The van der Waals surface area contributed by atoms with Crippen molar-refractivity contribution < 1.29 is 0 Å². The summed E-state index contributed by atoms with van der Waals surface area (Å²) in [5, 5.41) is 0.896. The lowest BCUT2D eigenvalue weighted by atomic mass is 10.0. The van der Waals surface area contributed by atoms with E-state index in [0.717, 1.165) is 29.8 Å². The number of halogens is 1. The summed E-state index contributed by atoms with van der Waals surface area (Å²) in [6.45, 7) is 4.15. The number of nitrogens with two attached hydrogens (primary N) is 1. The van der Waals surface area contributed by atoms with E-state index in [-0.39, 0.29) is 5.54 Å². The Bertz CT molecular complexity index is 367. The van der Waals surface area contributed by atoms with Crippen molar-refractivity contribution in [3.63, 3.8) is 0 Å². The largest absolute Gasteiger partial charge is 0.325 e. The molecule has 0 amide bonds. The van der Waals surface area contributed by atoms with Crippen molar-refractivity contribution in [2.24, 2.45) is 5.73 Å². The van der Waals surface area contributed by atoms with Crippen molar-refractivity contribution in [2.75, 3.05) is 0 Å². The summed E-state index contributed by atoms with van der Waals surface area (Å²) in [5.74, 6) is 0. The van der Waals surface area contributed by atoms with E-state index in [1.807, 2.05) is 0 Å². The third-order valence-corrected chi connectivity index (χ3v) is 3.45. The van der Waals surface area contributed by atoms with Gasteiger partial charge in [-0.15, -0.1) is 0 Å². The smallest absolute Gasteiger partial charge is 0.0468 e. The third kappa shape index (κ3) is 1.94. The van der Waals surface area contributed by atoms with Crippen molar-refractivity contribution in [1.82, 2.24) is 0 Å². The Balaban J connectivity index is 2.32. The fourth-order valence-electron chi connectivity index (χ4n) is 1.88. The van der Waals surface area contributed by atoms with E-state index in [0.29, 0.717) is 0 Å². The Morgan fingerprint density at radius 3 is 2.57 bits per heavy atom. The second-order valence-electron chi connectivity index (χ2n) is 4.59. The van der Waals surface area contributed by atoms with Gasteiger partial charge in [0.15, 0.2) is 0 Å². The number of benzene rings is 1. The van der Waals surface area contributed by atoms with Gasteiger partial charge in [0, 0.05) is 10.6 Å². The van der Waals surface area contributed by atoms with E-state index >= 15 is 0 Å². The summed E-state index contributed by atoms with van der Waals surface area (Å²) in [5.41, 5.74) is 9.77. The van der Waals surface area contributed by atoms with Crippen LogP contribution in [0.5, 0.6) is 0 Å². The summed E-state index contributed by atoms with van der Waals surface area (Å²) in [4.78, 5) is 0. The van der Waals surface area contributed by atoms with Crippen LogP contribution in [0.3, 0.4) is 0 Å². The first-order chi connectivity index (χ1) is 6.50. The van der Waals surface area contributed by atoms with Crippen LogP contribution in [0.2, 0.25) is 5.02 Å². The predicted molar refractivity (Wildman–Crippen MR) is 60.8 cm³/mol. The normalized spacial score (nSPS) is 18.3. The number of rotatable bonds is 2. The standard InChI is InChI=1S/C12H16ClN/c1-8-5-9(2)11(13)10(6-8)7-12(14)3-4-12/h5-6H,3-4,7,14H2,1-2H3. The molecular weight excluding hydrogens is 194 g/mol. The molecule has 0 saturated heterocycles. The van der Waals surface area contributed by atoms with E-state index in [4.69, 9.17) is 17.3 Å². The van der Waals surface area contributed by atoms with Gasteiger partial charge in [-0.25, -0.2) is 0 Å². The second-order valence-corrected chi connectivity index (χ2v) is 4.97. The summed E-state index contributed by atoms with van der Waals surface area (Å²) in [6.07, 6.45) is 3.20. The first kappa shape index (κ1) is 10.0. The van der Waals surface area contributed by atoms with Crippen LogP contribution in [-0.4, -0.2) is 5.54 Å². The maximum Gasteiger partial charge on any atom is 0.0468 e. The maximum atomic E-state index is 6.24. The average Bonchev–Trinajstić information content (AvgIpc) is 2.79. The van der Waals surface area contributed by atoms with Crippen LogP contribution >= 0.6 is 11.6 Å². The van der Waals surface area contributed by atoms with Crippen molar-refractivity contribution in [1.29, 1.82) is 0 Å². The molecule has 0 spiro atoms. The van der Waals surface area contributed by atoms with Crippen LogP contribution < -0.4 is 5.73 Å². The molecule has 1 aromatic carbocycles. The fraction of sp³-hybridized carbons (Fsp3) is 0.500. The van der Waals surface area contributed by atoms with Crippen molar-refractivity contribution in [3.05, 3.63) is 33.8 Å². The Hall–Kier alpha value is -0.530. The van der Waals surface area contributed by atoms with Gasteiger partial charge in [-0.05, 0) is 44.2 Å². The highest BCUT2D eigenvalue weighted by Crippen LogP contribution is 2.38. The van der Waals surface area contributed by atoms with Crippen LogP contribution in [0.1, 0.15) is 29.5 Å². The Labute approximate surface area is 90.3 Å². The van der Waals surface area contributed by atoms with Gasteiger partial charge >= 0.3 is 0 Å². The zero-order chi connectivity index (χ0) is 10.3. The van der Waals surface area contributed by atoms with Crippen LogP contribution in [-0.2, 0) is 6.42 Å². The molecule has 2 rings (SSSR count). The van der Waals surface area contributed by atoms with Crippen molar-refractivity contribution >= 4 is 11.6 Å². The van der Waals surface area contributed by atoms with E-state index < -0.39 is 0 Å². The van der Waals surface area contributed by atoms with Crippen molar-refractivity contribution in [3.8, 4) is 0 Å². The molecule has 0 radical (unpaired) electrons. The lowest BCUT2D eigenvalue weighted by Gasteiger charge is -2.12. The van der Waals surface area contributed by atoms with Crippen LogP contribution in [0.15, 0.2) is 12.1 Å². The minimum atomic E-state index is 0.0455. The fourth-order valence-corrected chi connectivity index (χ4v) is 2.06. The lowest BCUT2D eigenvalue weighted by molar-refractivity contribution is 0.671. The molecule has 0 aliphatic heterocycles. The van der Waals surface area contributed by atoms with Gasteiger partial charge in [-0.2, -0.15) is 0 Å². The summed E-state index contributed by atoms with van der Waals surface area (Å²) in [7, 11) is 0. The van der Waals surface area contributed by atoms with Gasteiger partial charge in [0.1, 0.15) is 0 Å². The first-order valence-corrected chi connectivity index (χ1v) is 5.42. The Kier molecular flexibility index (Phi) is 2.32. The molecule has 1 aliphatic rings. The van der Waals surface area contributed by atoms with Gasteiger partial charge in [0.05, 0.1) is 0 Å². The zero-order valence-electron chi connectivity index (χ0n) is 8.73. The molecule has 1 aliphatic carbocycles. The molecule has 0 aromatic heterocycles. The average molecular weight is 210 g/mol. The van der Waals surface area contributed by atoms with Crippen LogP contribution in [0.4, 0.5) is 0 Å². The van der Waals surface area contributed by atoms with Gasteiger partial charge in [0.25, 0.3) is 0 Å². The molecule has 0 heterocycles. The topological polar surface area (TPSA) is 26.0 Å². The number of aryl methyl sites for hydroxylation is 2. The third-order valence-electron chi connectivity index (χ3n) is 2.91. The molecule has 0 atom stereocenters. The SMILES string of the molecule is Cc1cc(C)c(Cl)c(CC2(N)CC2)c1. The van der Waals surface area contributed by atoms with Crippen LogP contribution in [0.25, 0.3) is 0 Å².